The molecule has 0 spiro atoms. The Morgan fingerprint density at radius 1 is 1.29 bits per heavy atom. The van der Waals surface area contributed by atoms with Gasteiger partial charge in [0, 0.05) is 37.5 Å². The summed E-state index contributed by atoms with van der Waals surface area (Å²) in [5.41, 5.74) is 0. The predicted molar refractivity (Wildman–Crippen MR) is 124 cm³/mol. The normalized spacial score (nSPS) is 22.6. The molecular formula is C19H30IN7S. The van der Waals surface area contributed by atoms with Gasteiger partial charge in [-0.2, -0.15) is 0 Å². The van der Waals surface area contributed by atoms with Crippen molar-refractivity contribution in [3.05, 3.63) is 34.0 Å². The number of aryl methyl sites for hydroxylation is 1. The van der Waals surface area contributed by atoms with Crippen LogP contribution in [0.5, 0.6) is 0 Å². The van der Waals surface area contributed by atoms with Crippen LogP contribution >= 0.6 is 35.3 Å². The molecule has 154 valence electrons. The van der Waals surface area contributed by atoms with Gasteiger partial charge in [-0.1, -0.05) is 6.07 Å². The highest BCUT2D eigenvalue weighted by atomic mass is 127. The minimum atomic E-state index is 0. The molecule has 9 heteroatoms. The lowest BCUT2D eigenvalue weighted by Gasteiger charge is -2.39. The van der Waals surface area contributed by atoms with Crippen molar-refractivity contribution in [1.82, 2.24) is 30.3 Å². The number of aliphatic imine (C=N–C) groups is 1. The summed E-state index contributed by atoms with van der Waals surface area (Å²) in [5, 5.41) is 17.7. The van der Waals surface area contributed by atoms with E-state index in [0.717, 1.165) is 37.1 Å². The van der Waals surface area contributed by atoms with Crippen LogP contribution in [0.3, 0.4) is 0 Å². The number of rotatable bonds is 5. The van der Waals surface area contributed by atoms with Gasteiger partial charge in [0.1, 0.15) is 5.82 Å². The molecule has 0 aromatic carbocycles. The fourth-order valence-electron chi connectivity index (χ4n) is 4.34. The van der Waals surface area contributed by atoms with Gasteiger partial charge < -0.3 is 15.2 Å². The molecule has 0 saturated carbocycles. The fraction of sp³-hybridized carbons (Fsp3) is 0.632. The Labute approximate surface area is 188 Å². The minimum absolute atomic E-state index is 0. The molecule has 2 N–H and O–H groups in total. The van der Waals surface area contributed by atoms with Crippen LogP contribution in [-0.4, -0.2) is 52.8 Å². The lowest BCUT2D eigenvalue weighted by molar-refractivity contribution is 0.125. The zero-order valence-corrected chi connectivity index (χ0v) is 19.7. The number of halogens is 1. The molecule has 2 atom stereocenters. The monoisotopic (exact) mass is 515 g/mol. The highest BCUT2D eigenvalue weighted by molar-refractivity contribution is 14.0. The van der Waals surface area contributed by atoms with E-state index in [2.05, 4.69) is 59.9 Å². The molecule has 1 saturated heterocycles. The van der Waals surface area contributed by atoms with Crippen LogP contribution < -0.4 is 10.6 Å². The molecule has 0 amide bonds. The Bertz CT molecular complexity index is 773. The van der Waals surface area contributed by atoms with E-state index in [1.165, 1.54) is 30.7 Å². The van der Waals surface area contributed by atoms with Crippen molar-refractivity contribution in [3.63, 3.8) is 0 Å². The first kappa shape index (κ1) is 21.5. The first-order chi connectivity index (χ1) is 13.3. The number of hydrogen-bond acceptors (Lipinski definition) is 5. The molecule has 0 bridgehead atoms. The molecule has 28 heavy (non-hydrogen) atoms. The molecule has 4 rings (SSSR count). The van der Waals surface area contributed by atoms with E-state index in [1.807, 2.05) is 18.4 Å². The van der Waals surface area contributed by atoms with Gasteiger partial charge in [-0.25, -0.2) is 0 Å². The van der Waals surface area contributed by atoms with Gasteiger partial charge in [-0.15, -0.1) is 45.5 Å². The van der Waals surface area contributed by atoms with Crippen LogP contribution in [-0.2, 0) is 19.5 Å². The van der Waals surface area contributed by atoms with E-state index in [0.29, 0.717) is 18.5 Å². The third-order valence-corrected chi connectivity index (χ3v) is 6.64. The van der Waals surface area contributed by atoms with Gasteiger partial charge in [-0.3, -0.25) is 9.89 Å². The Morgan fingerprint density at radius 2 is 2.18 bits per heavy atom. The molecule has 0 radical (unpaired) electrons. The Morgan fingerprint density at radius 3 is 2.96 bits per heavy atom. The van der Waals surface area contributed by atoms with Gasteiger partial charge in [0.05, 0.1) is 6.54 Å². The molecule has 2 unspecified atom stereocenters. The second-order valence-electron chi connectivity index (χ2n) is 7.44. The molecule has 0 aliphatic carbocycles. The maximum absolute atomic E-state index is 4.40. The average Bonchev–Trinajstić information content (AvgIpc) is 3.41. The van der Waals surface area contributed by atoms with Crippen LogP contribution in [0, 0.1) is 5.92 Å². The SMILES string of the molecule is CN=C(NCc1nnc2n1CCC2)NCC1CCCN(C)C1c1cccs1.I. The number of thiophene rings is 1. The topological polar surface area (TPSA) is 70.4 Å². The maximum atomic E-state index is 4.40. The maximum Gasteiger partial charge on any atom is 0.191 e. The summed E-state index contributed by atoms with van der Waals surface area (Å²) >= 11 is 1.86. The Balaban J connectivity index is 0.00000225. The van der Waals surface area contributed by atoms with Crippen molar-refractivity contribution >= 4 is 41.3 Å². The standard InChI is InChI=1S/C19H29N7S.HI/c1-20-19(22-13-17-24-23-16-8-4-10-26(16)17)21-12-14-6-3-9-25(2)18(14)15-7-5-11-27-15;/h5,7,11,14,18H,3-4,6,8-10,12-13H2,1-2H3,(H2,20,21,22);1H. The third kappa shape index (κ3) is 4.68. The van der Waals surface area contributed by atoms with E-state index in [4.69, 9.17) is 0 Å². The second-order valence-corrected chi connectivity index (χ2v) is 8.42. The van der Waals surface area contributed by atoms with Crippen molar-refractivity contribution in [2.45, 2.75) is 44.8 Å². The van der Waals surface area contributed by atoms with Crippen molar-refractivity contribution in [1.29, 1.82) is 0 Å². The number of piperidine rings is 1. The Hall–Kier alpha value is -1.20. The lowest BCUT2D eigenvalue weighted by atomic mass is 9.88. The lowest BCUT2D eigenvalue weighted by Crippen LogP contribution is -2.44. The number of fused-ring (bicyclic) bond motifs is 1. The largest absolute Gasteiger partial charge is 0.356 e. The van der Waals surface area contributed by atoms with Gasteiger partial charge in [0.2, 0.25) is 0 Å². The second kappa shape index (κ2) is 10.0. The fourth-order valence-corrected chi connectivity index (χ4v) is 5.32. The smallest absolute Gasteiger partial charge is 0.191 e. The van der Waals surface area contributed by atoms with Crippen molar-refractivity contribution < 1.29 is 0 Å². The molecule has 1 fully saturated rings. The minimum Gasteiger partial charge on any atom is -0.356 e. The molecule has 2 aromatic heterocycles. The third-order valence-electron chi connectivity index (χ3n) is 5.70. The van der Waals surface area contributed by atoms with Gasteiger partial charge in [-0.05, 0) is 50.2 Å². The number of hydrogen-bond donors (Lipinski definition) is 2. The van der Waals surface area contributed by atoms with Gasteiger partial charge >= 0.3 is 0 Å². The number of nitrogens with one attached hydrogen (secondary N) is 2. The first-order valence-corrected chi connectivity index (χ1v) is 10.7. The van der Waals surface area contributed by atoms with Crippen LogP contribution in [0.2, 0.25) is 0 Å². The zero-order chi connectivity index (χ0) is 18.6. The first-order valence-electron chi connectivity index (χ1n) is 9.85. The average molecular weight is 515 g/mol. The number of likely N-dealkylation sites (tertiary alicyclic amines) is 1. The summed E-state index contributed by atoms with van der Waals surface area (Å²) in [5.74, 6) is 3.53. The van der Waals surface area contributed by atoms with E-state index in [9.17, 15) is 0 Å². The summed E-state index contributed by atoms with van der Waals surface area (Å²) in [7, 11) is 4.07. The number of nitrogens with zero attached hydrogens (tertiary/aromatic N) is 5. The number of aromatic nitrogens is 3. The van der Waals surface area contributed by atoms with Gasteiger partial charge in [0.25, 0.3) is 0 Å². The Kier molecular flexibility index (Phi) is 7.69. The number of guanidine groups is 1. The quantitative estimate of drug-likeness (QED) is 0.364. The highest BCUT2D eigenvalue weighted by Crippen LogP contribution is 2.36. The summed E-state index contributed by atoms with van der Waals surface area (Å²) in [6, 6.07) is 4.91. The van der Waals surface area contributed by atoms with E-state index < -0.39 is 0 Å². The summed E-state index contributed by atoms with van der Waals surface area (Å²) < 4.78 is 2.23. The van der Waals surface area contributed by atoms with Gasteiger partial charge in [0.15, 0.2) is 11.8 Å². The van der Waals surface area contributed by atoms with E-state index >= 15 is 0 Å². The molecule has 2 aliphatic rings. The molecular weight excluding hydrogens is 485 g/mol. The van der Waals surface area contributed by atoms with E-state index in [-0.39, 0.29) is 24.0 Å². The zero-order valence-electron chi connectivity index (χ0n) is 16.6. The summed E-state index contributed by atoms with van der Waals surface area (Å²) in [6.45, 7) is 3.78. The summed E-state index contributed by atoms with van der Waals surface area (Å²) in [6.07, 6.45) is 4.71. The van der Waals surface area contributed by atoms with Crippen molar-refractivity contribution in [2.24, 2.45) is 10.9 Å². The molecule has 7 nitrogen and oxygen atoms in total. The van der Waals surface area contributed by atoms with Crippen molar-refractivity contribution in [3.8, 4) is 0 Å². The van der Waals surface area contributed by atoms with Crippen LogP contribution in [0.25, 0.3) is 0 Å². The van der Waals surface area contributed by atoms with Crippen LogP contribution in [0.1, 0.15) is 41.8 Å². The van der Waals surface area contributed by atoms with Crippen molar-refractivity contribution in [2.75, 3.05) is 27.2 Å². The van der Waals surface area contributed by atoms with Crippen LogP contribution in [0.4, 0.5) is 0 Å². The summed E-state index contributed by atoms with van der Waals surface area (Å²) in [4.78, 5) is 8.36. The predicted octanol–water partition coefficient (Wildman–Crippen LogP) is 2.65. The molecule has 2 aliphatic heterocycles. The van der Waals surface area contributed by atoms with Crippen LogP contribution in [0.15, 0.2) is 22.5 Å². The highest BCUT2D eigenvalue weighted by Gasteiger charge is 2.31. The van der Waals surface area contributed by atoms with E-state index in [1.54, 1.807) is 0 Å². The molecule has 4 heterocycles. The molecule has 2 aromatic rings.